The number of hydrogen-bond acceptors (Lipinski definition) is 6. The van der Waals surface area contributed by atoms with Crippen molar-refractivity contribution in [2.75, 3.05) is 6.26 Å². The van der Waals surface area contributed by atoms with Crippen LogP contribution in [0.15, 0.2) is 42.1 Å². The Bertz CT molecular complexity index is 1300. The number of nitrogens with zero attached hydrogens (tertiary/aromatic N) is 5. The summed E-state index contributed by atoms with van der Waals surface area (Å²) < 4.78 is 26.0. The molecule has 0 aromatic carbocycles. The Kier molecular flexibility index (Phi) is 4.70. The van der Waals surface area contributed by atoms with Crippen LogP contribution < -0.4 is 0 Å². The molecule has 4 rings (SSSR count). The zero-order valence-electron chi connectivity index (χ0n) is 16.7. The molecule has 0 amide bonds. The number of rotatable bonds is 5. The fourth-order valence-electron chi connectivity index (χ4n) is 3.10. The monoisotopic (exact) mass is 410 g/mol. The Balaban J connectivity index is 1.87. The van der Waals surface area contributed by atoms with E-state index in [0.29, 0.717) is 23.5 Å². The quantitative estimate of drug-likeness (QED) is 0.505. The molecule has 4 aromatic heterocycles. The van der Waals surface area contributed by atoms with Crippen molar-refractivity contribution >= 4 is 20.9 Å². The topological polar surface area (TPSA) is 106 Å². The lowest BCUT2D eigenvalue weighted by atomic mass is 10.1. The zero-order chi connectivity index (χ0) is 20.8. The third kappa shape index (κ3) is 3.65. The van der Waals surface area contributed by atoms with Gasteiger partial charge in [-0.2, -0.15) is 5.10 Å². The van der Waals surface area contributed by atoms with Crippen LogP contribution in [0, 0.1) is 0 Å². The summed E-state index contributed by atoms with van der Waals surface area (Å²) >= 11 is 0. The van der Waals surface area contributed by atoms with E-state index in [9.17, 15) is 8.42 Å². The van der Waals surface area contributed by atoms with Gasteiger partial charge in [-0.05, 0) is 32.4 Å². The Morgan fingerprint density at radius 3 is 2.59 bits per heavy atom. The van der Waals surface area contributed by atoms with E-state index in [1.54, 1.807) is 12.4 Å². The van der Waals surface area contributed by atoms with Gasteiger partial charge in [-0.15, -0.1) is 0 Å². The highest BCUT2D eigenvalue weighted by atomic mass is 32.2. The average Bonchev–Trinajstić information content (AvgIpc) is 3.33. The maximum atomic E-state index is 12.0. The van der Waals surface area contributed by atoms with Crippen molar-refractivity contribution < 1.29 is 8.42 Å². The molecule has 150 valence electrons. The Hall–Kier alpha value is -3.07. The molecule has 0 saturated heterocycles. The first-order valence-corrected chi connectivity index (χ1v) is 11.3. The minimum absolute atomic E-state index is 0.163. The van der Waals surface area contributed by atoms with Crippen LogP contribution in [0.25, 0.3) is 33.4 Å². The summed E-state index contributed by atoms with van der Waals surface area (Å²) in [6.07, 6.45) is 9.12. The smallest absolute Gasteiger partial charge is 0.247 e. The van der Waals surface area contributed by atoms with Gasteiger partial charge in [-0.25, -0.2) is 23.4 Å². The molecular weight excluding hydrogens is 388 g/mol. The van der Waals surface area contributed by atoms with Crippen LogP contribution in [0.1, 0.15) is 32.5 Å². The molecule has 29 heavy (non-hydrogen) atoms. The summed E-state index contributed by atoms with van der Waals surface area (Å²) in [4.78, 5) is 16.1. The molecule has 4 aromatic rings. The number of aryl methyl sites for hydroxylation is 1. The van der Waals surface area contributed by atoms with Crippen molar-refractivity contribution in [3.05, 3.63) is 42.6 Å². The first-order chi connectivity index (χ1) is 13.8. The van der Waals surface area contributed by atoms with E-state index in [1.807, 2.05) is 36.1 Å². The lowest BCUT2D eigenvalue weighted by Gasteiger charge is -2.06. The summed E-state index contributed by atoms with van der Waals surface area (Å²) in [5.41, 5.74) is 4.62. The van der Waals surface area contributed by atoms with Gasteiger partial charge in [0.25, 0.3) is 0 Å². The Morgan fingerprint density at radius 2 is 1.93 bits per heavy atom. The second kappa shape index (κ2) is 7.07. The molecule has 4 heterocycles. The first kappa shape index (κ1) is 19.3. The number of aromatic nitrogens is 6. The summed E-state index contributed by atoms with van der Waals surface area (Å²) in [6, 6.07) is 4.11. The largest absolute Gasteiger partial charge is 0.345 e. The second-order valence-electron chi connectivity index (χ2n) is 7.28. The fourth-order valence-corrected chi connectivity index (χ4v) is 3.65. The van der Waals surface area contributed by atoms with Gasteiger partial charge >= 0.3 is 0 Å². The average molecular weight is 411 g/mol. The summed E-state index contributed by atoms with van der Waals surface area (Å²) in [7, 11) is -3.52. The van der Waals surface area contributed by atoms with E-state index in [2.05, 4.69) is 38.9 Å². The lowest BCUT2D eigenvalue weighted by molar-refractivity contribution is 0.532. The molecule has 0 aliphatic carbocycles. The minimum Gasteiger partial charge on any atom is -0.345 e. The van der Waals surface area contributed by atoms with E-state index in [4.69, 9.17) is 0 Å². The van der Waals surface area contributed by atoms with Crippen molar-refractivity contribution in [1.29, 1.82) is 0 Å². The molecular formula is C20H22N6O2S. The van der Waals surface area contributed by atoms with Crippen molar-refractivity contribution in [2.45, 2.75) is 38.4 Å². The predicted molar refractivity (Wildman–Crippen MR) is 111 cm³/mol. The lowest BCUT2D eigenvalue weighted by Crippen LogP contribution is -2.07. The number of hydrogen-bond donors (Lipinski definition) is 1. The summed E-state index contributed by atoms with van der Waals surface area (Å²) in [6.45, 7) is 6.07. The molecule has 0 atom stereocenters. The van der Waals surface area contributed by atoms with Crippen molar-refractivity contribution in [2.24, 2.45) is 0 Å². The maximum Gasteiger partial charge on any atom is 0.247 e. The van der Waals surface area contributed by atoms with E-state index < -0.39 is 9.84 Å². The molecule has 0 saturated carbocycles. The van der Waals surface area contributed by atoms with E-state index in [1.165, 1.54) is 0 Å². The van der Waals surface area contributed by atoms with Crippen LogP contribution in [-0.2, 0) is 16.3 Å². The predicted octanol–water partition coefficient (Wildman–Crippen LogP) is 3.43. The molecule has 0 fully saturated rings. The zero-order valence-corrected chi connectivity index (χ0v) is 17.5. The van der Waals surface area contributed by atoms with E-state index >= 15 is 0 Å². The molecule has 0 radical (unpaired) electrons. The normalized spacial score (nSPS) is 12.2. The number of sulfone groups is 1. The van der Waals surface area contributed by atoms with E-state index in [-0.39, 0.29) is 11.2 Å². The molecule has 0 aliphatic heterocycles. The number of aromatic amines is 1. The van der Waals surface area contributed by atoms with Gasteiger partial charge in [0, 0.05) is 58.7 Å². The van der Waals surface area contributed by atoms with Gasteiger partial charge in [0.05, 0.1) is 11.9 Å². The van der Waals surface area contributed by atoms with Crippen LogP contribution in [0.4, 0.5) is 0 Å². The SMILES string of the molecule is CCc1cc(-c2c[nH]c3ncc(-c4cnn(C(C)C)c4)cc23)nc(S(C)(=O)=O)n1. The first-order valence-electron chi connectivity index (χ1n) is 9.36. The summed E-state index contributed by atoms with van der Waals surface area (Å²) in [5.74, 6) is 0. The van der Waals surface area contributed by atoms with E-state index in [0.717, 1.165) is 28.3 Å². The molecule has 0 bridgehead atoms. The molecule has 0 spiro atoms. The second-order valence-corrected chi connectivity index (χ2v) is 9.19. The fraction of sp³-hybridized carbons (Fsp3) is 0.300. The van der Waals surface area contributed by atoms with Gasteiger partial charge in [-0.1, -0.05) is 6.92 Å². The van der Waals surface area contributed by atoms with Crippen molar-refractivity contribution in [1.82, 2.24) is 29.7 Å². The standard InChI is InChI=1S/C20H22N6O2S/c1-5-15-7-18(25-20(24-15)29(4,27)28)17-10-22-19-16(17)6-13(8-21-19)14-9-23-26(11-14)12(2)3/h6-12H,5H2,1-4H3,(H,21,22). The third-order valence-electron chi connectivity index (χ3n) is 4.72. The van der Waals surface area contributed by atoms with Crippen molar-refractivity contribution in [3.8, 4) is 22.4 Å². The van der Waals surface area contributed by atoms with Crippen LogP contribution in [0.2, 0.25) is 0 Å². The highest BCUT2D eigenvalue weighted by Crippen LogP contribution is 2.31. The third-order valence-corrected chi connectivity index (χ3v) is 5.57. The minimum atomic E-state index is -3.52. The van der Waals surface area contributed by atoms with Gasteiger partial charge in [0.15, 0.2) is 0 Å². The molecule has 1 N–H and O–H groups in total. The van der Waals surface area contributed by atoms with Gasteiger partial charge in [-0.3, -0.25) is 4.68 Å². The highest BCUT2D eigenvalue weighted by molar-refractivity contribution is 7.90. The Morgan fingerprint density at radius 1 is 1.14 bits per heavy atom. The van der Waals surface area contributed by atoms with Crippen molar-refractivity contribution in [3.63, 3.8) is 0 Å². The summed E-state index contributed by atoms with van der Waals surface area (Å²) in [5, 5.41) is 5.09. The van der Waals surface area contributed by atoms with Crippen LogP contribution in [-0.4, -0.2) is 44.4 Å². The molecule has 9 heteroatoms. The van der Waals surface area contributed by atoms with Crippen LogP contribution in [0.3, 0.4) is 0 Å². The number of nitrogens with one attached hydrogen (secondary N) is 1. The Labute approximate surface area is 169 Å². The van der Waals surface area contributed by atoms with Crippen LogP contribution >= 0.6 is 0 Å². The molecule has 0 aliphatic rings. The van der Waals surface area contributed by atoms with Crippen LogP contribution in [0.5, 0.6) is 0 Å². The van der Waals surface area contributed by atoms with Gasteiger partial charge in [0.1, 0.15) is 5.65 Å². The number of pyridine rings is 1. The van der Waals surface area contributed by atoms with Gasteiger partial charge < -0.3 is 4.98 Å². The number of H-pyrrole nitrogens is 1. The highest BCUT2D eigenvalue weighted by Gasteiger charge is 2.17. The number of fused-ring (bicyclic) bond motifs is 1. The molecule has 8 nitrogen and oxygen atoms in total. The molecule has 0 unspecified atom stereocenters. The maximum absolute atomic E-state index is 12.0. The van der Waals surface area contributed by atoms with Gasteiger partial charge in [0.2, 0.25) is 15.0 Å².